The molecular formula is C12H13F2N3O2. The number of nitrogens with two attached hydrogens (primary N) is 2. The van der Waals surface area contributed by atoms with Crippen LogP contribution in [-0.2, 0) is 10.3 Å². The molecule has 0 fully saturated rings. The van der Waals surface area contributed by atoms with E-state index < -0.39 is 24.0 Å². The molecule has 4 N–H and O–H groups in total. The minimum absolute atomic E-state index is 0.134. The van der Waals surface area contributed by atoms with Gasteiger partial charge in [-0.3, -0.25) is 4.79 Å². The maximum absolute atomic E-state index is 14.0. The lowest BCUT2D eigenvalue weighted by molar-refractivity contribution is -0.116. The molecule has 1 amide bonds. The van der Waals surface area contributed by atoms with Crippen molar-refractivity contribution in [3.8, 4) is 0 Å². The molecule has 0 aromatic heterocycles. The number of nitrogens with zero attached hydrogens (tertiary/aromatic N) is 1. The molecule has 1 aromatic carbocycles. The van der Waals surface area contributed by atoms with E-state index >= 15 is 0 Å². The van der Waals surface area contributed by atoms with Crippen LogP contribution in [0.25, 0.3) is 0 Å². The number of amides is 1. The summed E-state index contributed by atoms with van der Waals surface area (Å²) in [7, 11) is 0. The van der Waals surface area contributed by atoms with E-state index in [4.69, 9.17) is 11.5 Å². The van der Waals surface area contributed by atoms with E-state index in [0.29, 0.717) is 0 Å². The predicted molar refractivity (Wildman–Crippen MR) is 64.8 cm³/mol. The van der Waals surface area contributed by atoms with Gasteiger partial charge in [0.2, 0.25) is 5.91 Å². The quantitative estimate of drug-likeness (QED) is 0.838. The van der Waals surface area contributed by atoms with E-state index in [1.807, 2.05) is 0 Å². The van der Waals surface area contributed by atoms with Gasteiger partial charge in [0.25, 0.3) is 6.02 Å². The largest absolute Gasteiger partial charge is 0.459 e. The van der Waals surface area contributed by atoms with Crippen LogP contribution in [0.2, 0.25) is 0 Å². The Balaban J connectivity index is 2.57. The van der Waals surface area contributed by atoms with Crippen LogP contribution in [0.4, 0.5) is 8.78 Å². The van der Waals surface area contributed by atoms with Crippen LogP contribution in [-0.4, -0.2) is 24.5 Å². The molecule has 0 spiro atoms. The molecule has 0 bridgehead atoms. The van der Waals surface area contributed by atoms with E-state index in [-0.39, 0.29) is 17.1 Å². The van der Waals surface area contributed by atoms with Crippen molar-refractivity contribution in [1.29, 1.82) is 0 Å². The zero-order valence-corrected chi connectivity index (χ0v) is 10.2. The monoisotopic (exact) mass is 269 g/mol. The lowest BCUT2D eigenvalue weighted by atomic mass is 9.85. The van der Waals surface area contributed by atoms with Gasteiger partial charge in [-0.05, 0) is 24.6 Å². The van der Waals surface area contributed by atoms with Crippen molar-refractivity contribution < 1.29 is 18.3 Å². The number of rotatable bonds is 2. The Bertz CT molecular complexity index is 560. The summed E-state index contributed by atoms with van der Waals surface area (Å²) in [5, 5.41) is 0. The second-order valence-corrected chi connectivity index (χ2v) is 4.46. The van der Waals surface area contributed by atoms with Gasteiger partial charge in [-0.2, -0.15) is 8.78 Å². The van der Waals surface area contributed by atoms with Crippen molar-refractivity contribution in [3.05, 3.63) is 35.4 Å². The fraction of sp³-hybridized carbons (Fsp3) is 0.333. The van der Waals surface area contributed by atoms with Crippen LogP contribution in [0.1, 0.15) is 22.8 Å². The van der Waals surface area contributed by atoms with E-state index in [9.17, 15) is 13.6 Å². The Morgan fingerprint density at radius 3 is 2.79 bits per heavy atom. The molecule has 102 valence electrons. The highest BCUT2D eigenvalue weighted by Crippen LogP contribution is 2.43. The highest BCUT2D eigenvalue weighted by atomic mass is 19.3. The van der Waals surface area contributed by atoms with Gasteiger partial charge >= 0.3 is 5.92 Å². The van der Waals surface area contributed by atoms with Gasteiger partial charge in [-0.25, -0.2) is 4.99 Å². The average molecular weight is 269 g/mol. The third-order valence-corrected chi connectivity index (χ3v) is 3.16. The molecule has 0 aliphatic carbocycles. The lowest BCUT2D eigenvalue weighted by Crippen LogP contribution is -2.51. The van der Waals surface area contributed by atoms with Crippen molar-refractivity contribution in [2.45, 2.75) is 18.4 Å². The molecule has 1 aliphatic heterocycles. The summed E-state index contributed by atoms with van der Waals surface area (Å²) in [6, 6.07) is 5.34. The van der Waals surface area contributed by atoms with Crippen LogP contribution >= 0.6 is 0 Å². The number of ether oxygens (including phenoxy) is 1. The first-order valence-electron chi connectivity index (χ1n) is 5.52. The second kappa shape index (κ2) is 4.18. The highest BCUT2D eigenvalue weighted by Gasteiger charge is 2.55. The van der Waals surface area contributed by atoms with Crippen molar-refractivity contribution in [1.82, 2.24) is 0 Å². The second-order valence-electron chi connectivity index (χ2n) is 4.46. The summed E-state index contributed by atoms with van der Waals surface area (Å²) < 4.78 is 32.7. The zero-order valence-electron chi connectivity index (χ0n) is 10.2. The molecule has 2 rings (SSSR count). The number of carbonyl (C=O) groups excluding carboxylic acids is 1. The molecule has 1 aromatic rings. The fourth-order valence-corrected chi connectivity index (χ4v) is 1.89. The van der Waals surface area contributed by atoms with Crippen molar-refractivity contribution >= 4 is 11.9 Å². The lowest BCUT2D eigenvalue weighted by Gasteiger charge is -2.37. The summed E-state index contributed by atoms with van der Waals surface area (Å²) >= 11 is 0. The number of carbonyl (C=O) groups is 1. The molecular weight excluding hydrogens is 256 g/mol. The van der Waals surface area contributed by atoms with E-state index in [1.165, 1.54) is 31.2 Å². The first-order chi connectivity index (χ1) is 8.76. The van der Waals surface area contributed by atoms with Crippen LogP contribution in [0, 0.1) is 0 Å². The van der Waals surface area contributed by atoms with Gasteiger partial charge in [-0.15, -0.1) is 0 Å². The third-order valence-electron chi connectivity index (χ3n) is 3.16. The minimum Gasteiger partial charge on any atom is -0.459 e. The third kappa shape index (κ3) is 2.11. The molecule has 7 heteroatoms. The number of amidine groups is 1. The fourth-order valence-electron chi connectivity index (χ4n) is 1.89. The van der Waals surface area contributed by atoms with Gasteiger partial charge in [-0.1, -0.05) is 12.1 Å². The van der Waals surface area contributed by atoms with Crippen LogP contribution < -0.4 is 11.5 Å². The van der Waals surface area contributed by atoms with Gasteiger partial charge < -0.3 is 16.2 Å². The van der Waals surface area contributed by atoms with E-state index in [1.54, 1.807) is 0 Å². The molecule has 1 aliphatic rings. The number of primary amides is 1. The molecule has 0 radical (unpaired) electrons. The topological polar surface area (TPSA) is 90.7 Å². The molecule has 1 heterocycles. The normalized spacial score (nSPS) is 25.3. The summed E-state index contributed by atoms with van der Waals surface area (Å²) in [6.07, 6.45) is 0. The van der Waals surface area contributed by atoms with E-state index in [0.717, 1.165) is 0 Å². The van der Waals surface area contributed by atoms with E-state index in [2.05, 4.69) is 9.73 Å². The van der Waals surface area contributed by atoms with Crippen LogP contribution in [0.15, 0.2) is 29.3 Å². The Labute approximate surface area is 108 Å². The molecule has 0 saturated carbocycles. The van der Waals surface area contributed by atoms with Gasteiger partial charge in [0, 0.05) is 5.56 Å². The first-order valence-corrected chi connectivity index (χ1v) is 5.52. The number of aliphatic imine (C=N–C) groups is 1. The van der Waals surface area contributed by atoms with Gasteiger partial charge in [0.15, 0.2) is 12.1 Å². The Kier molecular flexibility index (Phi) is 2.92. The molecule has 5 nitrogen and oxygen atoms in total. The van der Waals surface area contributed by atoms with Crippen molar-refractivity contribution in [2.75, 3.05) is 6.61 Å². The highest BCUT2D eigenvalue weighted by molar-refractivity contribution is 5.93. The van der Waals surface area contributed by atoms with Gasteiger partial charge in [0.05, 0.1) is 0 Å². The van der Waals surface area contributed by atoms with Crippen molar-refractivity contribution in [3.63, 3.8) is 0 Å². The number of halogens is 2. The smallest absolute Gasteiger partial charge is 0.310 e. The standard InChI is InChI=1S/C12H13F2N3O2/c1-11(12(13,14)6-19-10(16)17-11)8-4-2-3-7(5-8)9(15)18/h2-5H,6H2,1H3,(H2,15,18)(H2,16,17)/t11-/m1/s1. The maximum atomic E-state index is 14.0. The van der Waals surface area contributed by atoms with Crippen LogP contribution in [0.5, 0.6) is 0 Å². The van der Waals surface area contributed by atoms with Gasteiger partial charge in [0.1, 0.15) is 0 Å². The Morgan fingerprint density at radius 1 is 1.47 bits per heavy atom. The maximum Gasteiger partial charge on any atom is 0.310 e. The molecule has 0 unspecified atom stereocenters. The number of alkyl halides is 2. The number of hydrogen-bond acceptors (Lipinski definition) is 4. The number of benzene rings is 1. The number of hydrogen-bond donors (Lipinski definition) is 2. The summed E-state index contributed by atoms with van der Waals surface area (Å²) in [5.74, 6) is -3.94. The summed E-state index contributed by atoms with van der Waals surface area (Å²) in [6.45, 7) is 0.377. The molecule has 1 atom stereocenters. The average Bonchev–Trinajstić information content (AvgIpc) is 2.35. The SMILES string of the molecule is C[C@]1(c2cccc(C(N)=O)c2)N=C(N)OCC1(F)F. The van der Waals surface area contributed by atoms with Crippen LogP contribution in [0.3, 0.4) is 0 Å². The summed E-state index contributed by atoms with van der Waals surface area (Å²) in [4.78, 5) is 14.8. The summed E-state index contributed by atoms with van der Waals surface area (Å²) in [5.41, 5.74) is 8.91. The van der Waals surface area contributed by atoms with Crippen molar-refractivity contribution in [2.24, 2.45) is 16.5 Å². The Hall–Kier alpha value is -2.18. The first kappa shape index (κ1) is 13.3. The molecule has 0 saturated heterocycles. The molecule has 19 heavy (non-hydrogen) atoms. The predicted octanol–water partition coefficient (Wildman–Crippen LogP) is 0.981. The zero-order chi connectivity index (χ0) is 14.3. The minimum atomic E-state index is -3.24. The Morgan fingerprint density at radius 2 is 2.16 bits per heavy atom.